The predicted octanol–water partition coefficient (Wildman–Crippen LogP) is 4.43. The zero-order chi connectivity index (χ0) is 18.5. The third-order valence-electron chi connectivity index (χ3n) is 3.66. The summed E-state index contributed by atoms with van der Waals surface area (Å²) in [7, 11) is 1.62. The van der Waals surface area contributed by atoms with Crippen LogP contribution in [0.5, 0.6) is 5.75 Å². The number of hydrogen-bond acceptors (Lipinski definition) is 5. The van der Waals surface area contributed by atoms with Crippen molar-refractivity contribution in [3.05, 3.63) is 71.4 Å². The molecule has 0 amide bonds. The van der Waals surface area contributed by atoms with Crippen LogP contribution in [0.25, 0.3) is 0 Å². The Labute approximate surface area is 150 Å². The Morgan fingerprint density at radius 2 is 1.77 bits per heavy atom. The lowest BCUT2D eigenvalue weighted by Gasteiger charge is -2.11. The van der Waals surface area contributed by atoms with Gasteiger partial charge in [-0.05, 0) is 36.8 Å². The molecule has 2 aromatic carbocycles. The molecule has 134 valence electrons. The normalized spacial score (nSPS) is 10.5. The van der Waals surface area contributed by atoms with Gasteiger partial charge in [0, 0.05) is 24.4 Å². The predicted molar refractivity (Wildman–Crippen MR) is 96.7 cm³/mol. The van der Waals surface area contributed by atoms with Gasteiger partial charge >= 0.3 is 0 Å². The average Bonchev–Trinajstić information content (AvgIpc) is 2.62. The monoisotopic (exact) mass is 356 g/mol. The fourth-order valence-corrected chi connectivity index (χ4v) is 2.36. The van der Waals surface area contributed by atoms with Crippen molar-refractivity contribution in [2.45, 2.75) is 13.5 Å². The van der Waals surface area contributed by atoms with Gasteiger partial charge in [-0.3, -0.25) is 0 Å². The van der Waals surface area contributed by atoms with E-state index in [0.29, 0.717) is 24.0 Å². The fraction of sp³-hybridized carbons (Fsp3) is 0.158. The average molecular weight is 356 g/mol. The lowest BCUT2D eigenvalue weighted by molar-refractivity contribution is 0.414. The Hall–Kier alpha value is -3.22. The molecule has 0 aliphatic carbocycles. The van der Waals surface area contributed by atoms with Crippen molar-refractivity contribution in [3.8, 4) is 5.75 Å². The minimum atomic E-state index is -0.686. The molecule has 0 radical (unpaired) electrons. The second kappa shape index (κ2) is 7.77. The number of benzene rings is 2. The second-order valence-corrected chi connectivity index (χ2v) is 5.67. The van der Waals surface area contributed by atoms with Gasteiger partial charge < -0.3 is 15.4 Å². The molecular formula is C19H18F2N4O. The van der Waals surface area contributed by atoms with Gasteiger partial charge in [0.2, 0.25) is 5.95 Å². The minimum Gasteiger partial charge on any atom is -0.497 e. The first-order chi connectivity index (χ1) is 12.5. The summed E-state index contributed by atoms with van der Waals surface area (Å²) in [5, 5.41) is 5.98. The van der Waals surface area contributed by atoms with E-state index in [9.17, 15) is 8.78 Å². The van der Waals surface area contributed by atoms with Crippen LogP contribution in [0.3, 0.4) is 0 Å². The van der Waals surface area contributed by atoms with Crippen LogP contribution in [-0.2, 0) is 6.54 Å². The summed E-state index contributed by atoms with van der Waals surface area (Å²) in [4.78, 5) is 8.64. The van der Waals surface area contributed by atoms with E-state index in [4.69, 9.17) is 4.74 Å². The second-order valence-electron chi connectivity index (χ2n) is 5.67. The first kappa shape index (κ1) is 17.6. The highest BCUT2D eigenvalue weighted by atomic mass is 19.1. The van der Waals surface area contributed by atoms with Crippen molar-refractivity contribution in [3.63, 3.8) is 0 Å². The van der Waals surface area contributed by atoms with Crippen LogP contribution in [0.4, 0.5) is 26.2 Å². The van der Waals surface area contributed by atoms with Gasteiger partial charge in [-0.15, -0.1) is 0 Å². The summed E-state index contributed by atoms with van der Waals surface area (Å²) in [6.45, 7) is 2.34. The van der Waals surface area contributed by atoms with Gasteiger partial charge in [0.1, 0.15) is 23.2 Å². The Morgan fingerprint density at radius 1 is 1.00 bits per heavy atom. The molecule has 0 aliphatic heterocycles. The third kappa shape index (κ3) is 4.44. The van der Waals surface area contributed by atoms with Crippen LogP contribution in [0, 0.1) is 18.6 Å². The van der Waals surface area contributed by atoms with Crippen molar-refractivity contribution in [1.29, 1.82) is 0 Å². The van der Waals surface area contributed by atoms with E-state index in [-0.39, 0.29) is 5.69 Å². The molecule has 2 N–H and O–H groups in total. The van der Waals surface area contributed by atoms with Crippen molar-refractivity contribution >= 4 is 17.5 Å². The Kier molecular flexibility index (Phi) is 5.26. The van der Waals surface area contributed by atoms with E-state index in [1.54, 1.807) is 13.2 Å². The molecule has 0 fully saturated rings. The van der Waals surface area contributed by atoms with E-state index >= 15 is 0 Å². The van der Waals surface area contributed by atoms with E-state index in [1.807, 2.05) is 31.2 Å². The molecule has 0 bridgehead atoms. The zero-order valence-electron chi connectivity index (χ0n) is 14.4. The molecule has 0 atom stereocenters. The third-order valence-corrected chi connectivity index (χ3v) is 3.66. The molecule has 0 saturated heterocycles. The number of nitrogens with zero attached hydrogens (tertiary/aromatic N) is 2. The summed E-state index contributed by atoms with van der Waals surface area (Å²) in [5.74, 6) is 0.294. The number of anilines is 3. The number of rotatable bonds is 6. The molecule has 3 aromatic rings. The first-order valence-corrected chi connectivity index (χ1v) is 7.98. The number of nitrogens with one attached hydrogen (secondary N) is 2. The fourth-order valence-electron chi connectivity index (χ4n) is 2.36. The van der Waals surface area contributed by atoms with Crippen molar-refractivity contribution < 1.29 is 13.5 Å². The van der Waals surface area contributed by atoms with Gasteiger partial charge in [0.05, 0.1) is 12.8 Å². The highest BCUT2D eigenvalue weighted by Gasteiger charge is 2.07. The van der Waals surface area contributed by atoms with Crippen molar-refractivity contribution in [2.24, 2.45) is 0 Å². The summed E-state index contributed by atoms with van der Waals surface area (Å²) in [6, 6.07) is 12.6. The number of aryl methyl sites for hydroxylation is 1. The maximum Gasteiger partial charge on any atom is 0.225 e. The van der Waals surface area contributed by atoms with E-state index < -0.39 is 11.6 Å². The molecule has 1 aromatic heterocycles. The molecule has 26 heavy (non-hydrogen) atoms. The Bertz CT molecular complexity index is 901. The van der Waals surface area contributed by atoms with Gasteiger partial charge in [0.25, 0.3) is 0 Å². The van der Waals surface area contributed by atoms with Gasteiger partial charge in [0.15, 0.2) is 0 Å². The standard InChI is InChI=1S/C19H18F2N4O/c1-12-9-18(24-17-8-5-14(20)10-16(17)21)25-19(23-12)22-11-13-3-6-15(26-2)7-4-13/h3-10H,11H2,1-2H3,(H2,22,23,24,25). The lowest BCUT2D eigenvalue weighted by Crippen LogP contribution is -2.06. The van der Waals surface area contributed by atoms with E-state index in [0.717, 1.165) is 17.4 Å². The Balaban J connectivity index is 1.72. The minimum absolute atomic E-state index is 0.144. The maximum absolute atomic E-state index is 13.8. The van der Waals surface area contributed by atoms with E-state index in [1.165, 1.54) is 12.1 Å². The number of ether oxygens (including phenoxy) is 1. The van der Waals surface area contributed by atoms with Crippen LogP contribution in [0.15, 0.2) is 48.5 Å². The molecule has 0 unspecified atom stereocenters. The molecule has 0 aliphatic rings. The largest absolute Gasteiger partial charge is 0.497 e. The number of halogens is 2. The summed E-state index contributed by atoms with van der Waals surface area (Å²) >= 11 is 0. The van der Waals surface area contributed by atoms with Crippen LogP contribution in [0.2, 0.25) is 0 Å². The lowest BCUT2D eigenvalue weighted by atomic mass is 10.2. The highest BCUT2D eigenvalue weighted by molar-refractivity contribution is 5.58. The quantitative estimate of drug-likeness (QED) is 0.684. The van der Waals surface area contributed by atoms with Gasteiger partial charge in [-0.1, -0.05) is 12.1 Å². The maximum atomic E-state index is 13.8. The highest BCUT2D eigenvalue weighted by Crippen LogP contribution is 2.21. The first-order valence-electron chi connectivity index (χ1n) is 7.98. The van der Waals surface area contributed by atoms with Crippen molar-refractivity contribution in [1.82, 2.24) is 9.97 Å². The Morgan fingerprint density at radius 3 is 2.46 bits per heavy atom. The molecule has 1 heterocycles. The van der Waals surface area contributed by atoms with Gasteiger partial charge in [-0.2, -0.15) is 4.98 Å². The molecule has 5 nitrogen and oxygen atoms in total. The van der Waals surface area contributed by atoms with Crippen LogP contribution in [0.1, 0.15) is 11.3 Å². The van der Waals surface area contributed by atoms with Crippen molar-refractivity contribution in [2.75, 3.05) is 17.7 Å². The SMILES string of the molecule is COc1ccc(CNc2nc(C)cc(Nc3ccc(F)cc3F)n2)cc1. The molecule has 0 saturated carbocycles. The number of hydrogen-bond donors (Lipinski definition) is 2. The molecule has 3 rings (SSSR count). The number of aromatic nitrogens is 2. The summed E-state index contributed by atoms with van der Waals surface area (Å²) in [5.41, 5.74) is 1.89. The smallest absolute Gasteiger partial charge is 0.225 e. The molecular weight excluding hydrogens is 338 g/mol. The summed E-state index contributed by atoms with van der Waals surface area (Å²) in [6.07, 6.45) is 0. The zero-order valence-corrected chi connectivity index (χ0v) is 14.4. The van der Waals surface area contributed by atoms with Gasteiger partial charge in [-0.25, -0.2) is 13.8 Å². The number of methoxy groups -OCH3 is 1. The summed E-state index contributed by atoms with van der Waals surface area (Å²) < 4.78 is 31.9. The van der Waals surface area contributed by atoms with Crippen LogP contribution in [-0.4, -0.2) is 17.1 Å². The van der Waals surface area contributed by atoms with Crippen LogP contribution >= 0.6 is 0 Å². The van der Waals surface area contributed by atoms with E-state index in [2.05, 4.69) is 20.6 Å². The molecule has 7 heteroatoms. The topological polar surface area (TPSA) is 59.1 Å². The van der Waals surface area contributed by atoms with Crippen LogP contribution < -0.4 is 15.4 Å². The molecule has 0 spiro atoms.